The molecule has 0 unspecified atom stereocenters. The molecule has 0 atom stereocenters. The molecule has 0 aliphatic carbocycles. The summed E-state index contributed by atoms with van der Waals surface area (Å²) in [4.78, 5) is 21.8. The minimum Gasteiger partial charge on any atom is -0.465 e. The maximum Gasteiger partial charge on any atom is 0.407 e. The Balaban J connectivity index is 6.30. The van der Waals surface area contributed by atoms with Crippen LogP contribution in [0, 0.1) is 0 Å². The molecule has 0 aliphatic heterocycles. The second-order valence-electron chi connectivity index (χ2n) is 5.52. The fourth-order valence-electron chi connectivity index (χ4n) is 1.80. The number of carbonyl (C=O) groups is 2. The number of hydrogen-bond donors (Lipinski definition) is 14. The highest BCUT2D eigenvalue weighted by Gasteiger charge is 2.67. The minimum absolute atomic E-state index is 0.553. The van der Waals surface area contributed by atoms with Crippen LogP contribution in [0.3, 0.4) is 0 Å². The second kappa shape index (κ2) is 6.22. The molecule has 0 aliphatic rings. The molecule has 142 valence electrons. The van der Waals surface area contributed by atoms with Crippen LogP contribution in [-0.4, -0.2) is 57.4 Å². The van der Waals surface area contributed by atoms with E-state index in [1.165, 1.54) is 0 Å². The van der Waals surface area contributed by atoms with E-state index in [1.54, 1.807) is 10.6 Å². The van der Waals surface area contributed by atoms with Crippen LogP contribution < -0.4 is 68.0 Å². The zero-order valence-electron chi connectivity index (χ0n) is 12.7. The molecule has 0 saturated heterocycles. The van der Waals surface area contributed by atoms with Crippen LogP contribution in [-0.2, 0) is 0 Å². The Morgan fingerprint density at radius 2 is 1.04 bits per heavy atom. The largest absolute Gasteiger partial charge is 0.465 e. The molecule has 0 bridgehead atoms. The van der Waals surface area contributed by atoms with Gasteiger partial charge in [0.1, 0.15) is 17.0 Å². The Morgan fingerprint density at radius 3 is 1.29 bits per heavy atom. The summed E-state index contributed by atoms with van der Waals surface area (Å²) in [5.41, 5.74) is 46.5. The average Bonchev–Trinajstić information content (AvgIpc) is 2.35. The average molecular weight is 354 g/mol. The summed E-state index contributed by atoms with van der Waals surface area (Å²) in [7, 11) is 0. The highest BCUT2D eigenvalue weighted by Crippen LogP contribution is 2.25. The van der Waals surface area contributed by atoms with Crippen molar-refractivity contribution in [2.75, 3.05) is 6.54 Å². The number of carboxylic acid groups (broad SMARTS) is 2. The molecule has 0 fully saturated rings. The molecule has 0 aromatic rings. The van der Waals surface area contributed by atoms with E-state index in [0.29, 0.717) is 0 Å². The normalized spacial score (nSPS) is 14.2. The van der Waals surface area contributed by atoms with Gasteiger partial charge < -0.3 is 61.8 Å². The van der Waals surface area contributed by atoms with Crippen molar-refractivity contribution < 1.29 is 19.8 Å². The van der Waals surface area contributed by atoms with Gasteiger partial charge in [0.25, 0.3) is 0 Å². The van der Waals surface area contributed by atoms with Crippen molar-refractivity contribution in [1.82, 2.24) is 10.6 Å². The third-order valence-electron chi connectivity index (χ3n) is 3.74. The van der Waals surface area contributed by atoms with Gasteiger partial charge in [-0.15, -0.1) is 0 Å². The summed E-state index contributed by atoms with van der Waals surface area (Å²) in [6, 6.07) is 0. The van der Waals surface area contributed by atoms with Crippen molar-refractivity contribution in [2.45, 2.75) is 28.4 Å². The van der Waals surface area contributed by atoms with Crippen molar-refractivity contribution in [3.05, 3.63) is 0 Å². The molecule has 24 N–H and O–H groups in total. The Labute approximate surface area is 136 Å². The van der Waals surface area contributed by atoms with Crippen LogP contribution in [0.1, 0.15) is 0 Å². The molecule has 2 amide bonds. The first kappa shape index (κ1) is 22.1. The molecule has 0 rings (SSSR count). The predicted molar refractivity (Wildman–Crippen MR) is 82.7 cm³/mol. The molecule has 0 aromatic carbocycles. The zero-order valence-corrected chi connectivity index (χ0v) is 12.7. The summed E-state index contributed by atoms with van der Waals surface area (Å²) in [5, 5.41) is 20.8. The molecule has 16 nitrogen and oxygen atoms in total. The molecule has 0 aromatic heterocycles. The molecule has 0 saturated carbocycles. The first-order chi connectivity index (χ1) is 10.4. The summed E-state index contributed by atoms with van der Waals surface area (Å²) < 4.78 is 0. The lowest BCUT2D eigenvalue weighted by molar-refractivity contribution is -0.00540. The topological polar surface area (TPSA) is 359 Å². The predicted octanol–water partition coefficient (Wildman–Crippen LogP) is -7.45. The van der Waals surface area contributed by atoms with Gasteiger partial charge in [0.2, 0.25) is 5.79 Å². The van der Waals surface area contributed by atoms with Crippen molar-refractivity contribution in [3.63, 3.8) is 0 Å². The SMILES string of the molecule is NCC(N)(N)C(N)(N)C(N)(N)C(N)(N)C(N)(NC(=O)O)NC(=O)O. The Bertz CT molecular complexity index is 487. The van der Waals surface area contributed by atoms with Gasteiger partial charge in [-0.25, -0.2) is 9.59 Å². The molecular weight excluding hydrogens is 328 g/mol. The Hall–Kier alpha value is -1.86. The summed E-state index contributed by atoms with van der Waals surface area (Å²) in [6.45, 7) is -0.553. The van der Waals surface area contributed by atoms with Crippen molar-refractivity contribution >= 4 is 12.2 Å². The van der Waals surface area contributed by atoms with Crippen molar-refractivity contribution in [2.24, 2.45) is 57.3 Å². The number of rotatable bonds is 7. The molecule has 0 radical (unpaired) electrons. The van der Waals surface area contributed by atoms with E-state index in [9.17, 15) is 9.59 Å². The van der Waals surface area contributed by atoms with Crippen LogP contribution >= 0.6 is 0 Å². The lowest BCUT2D eigenvalue weighted by atomic mass is 9.73. The summed E-state index contributed by atoms with van der Waals surface area (Å²) in [5.74, 6) is -2.86. The zero-order chi connectivity index (χ0) is 19.8. The van der Waals surface area contributed by atoms with Crippen LogP contribution in [0.25, 0.3) is 0 Å². The van der Waals surface area contributed by atoms with Gasteiger partial charge in [-0.1, -0.05) is 0 Å². The van der Waals surface area contributed by atoms with E-state index in [4.69, 9.17) is 67.5 Å². The van der Waals surface area contributed by atoms with Crippen LogP contribution in [0.2, 0.25) is 0 Å². The number of nitrogens with two attached hydrogens (primary N) is 10. The van der Waals surface area contributed by atoms with E-state index < -0.39 is 47.2 Å². The Kier molecular flexibility index (Phi) is 5.73. The number of nitrogens with one attached hydrogen (secondary N) is 2. The third kappa shape index (κ3) is 3.32. The quantitative estimate of drug-likeness (QED) is 0.189. The van der Waals surface area contributed by atoms with Gasteiger partial charge in [0.05, 0.1) is 0 Å². The van der Waals surface area contributed by atoms with Gasteiger partial charge in [-0.3, -0.25) is 16.4 Å². The maximum absolute atomic E-state index is 10.9. The van der Waals surface area contributed by atoms with E-state index >= 15 is 0 Å². The van der Waals surface area contributed by atoms with Gasteiger partial charge in [-0.05, 0) is 0 Å². The van der Waals surface area contributed by atoms with Gasteiger partial charge in [-0.2, -0.15) is 0 Å². The highest BCUT2D eigenvalue weighted by molar-refractivity contribution is 5.70. The van der Waals surface area contributed by atoms with Crippen LogP contribution in [0.4, 0.5) is 9.59 Å². The third-order valence-corrected chi connectivity index (χ3v) is 3.74. The number of amides is 2. The van der Waals surface area contributed by atoms with E-state index in [2.05, 4.69) is 0 Å². The molecule has 16 heteroatoms. The lowest BCUT2D eigenvalue weighted by Gasteiger charge is -2.58. The first-order valence-electron chi connectivity index (χ1n) is 6.22. The van der Waals surface area contributed by atoms with Crippen LogP contribution in [0.5, 0.6) is 0 Å². The monoisotopic (exact) mass is 354 g/mol. The van der Waals surface area contributed by atoms with Crippen LogP contribution in [0.15, 0.2) is 0 Å². The molecule has 24 heavy (non-hydrogen) atoms. The standard InChI is InChI=1S/C8H26N12O4/c9-1-4(10,11)5(12,13)6(14,15)7(16,17)8(18,19-2(21)22)20-3(23)24/h19-20H,1,9-18H2,(H,21,22)(H,23,24). The van der Waals surface area contributed by atoms with Gasteiger partial charge in [0.15, 0.2) is 5.66 Å². The smallest absolute Gasteiger partial charge is 0.407 e. The molecule has 0 heterocycles. The van der Waals surface area contributed by atoms with E-state index in [-0.39, 0.29) is 0 Å². The summed E-state index contributed by atoms with van der Waals surface area (Å²) >= 11 is 0. The number of hydrogen-bond acceptors (Lipinski definition) is 12. The van der Waals surface area contributed by atoms with E-state index in [0.717, 1.165) is 0 Å². The van der Waals surface area contributed by atoms with Crippen molar-refractivity contribution in [3.8, 4) is 0 Å². The minimum atomic E-state index is -2.86. The molecular formula is C8H26N12O4. The van der Waals surface area contributed by atoms with Gasteiger partial charge in [0, 0.05) is 6.54 Å². The van der Waals surface area contributed by atoms with Crippen molar-refractivity contribution in [1.29, 1.82) is 0 Å². The molecule has 0 spiro atoms. The fourth-order valence-corrected chi connectivity index (χ4v) is 1.80. The van der Waals surface area contributed by atoms with E-state index in [1.807, 2.05) is 0 Å². The highest BCUT2D eigenvalue weighted by atomic mass is 16.4. The maximum atomic E-state index is 10.9. The van der Waals surface area contributed by atoms with Gasteiger partial charge >= 0.3 is 12.2 Å². The first-order valence-corrected chi connectivity index (χ1v) is 6.22. The fraction of sp³-hybridized carbons (Fsp3) is 0.750. The Morgan fingerprint density at radius 1 is 0.708 bits per heavy atom. The second-order valence-corrected chi connectivity index (χ2v) is 5.52. The summed E-state index contributed by atoms with van der Waals surface area (Å²) in [6.07, 6.45) is -3.65. The lowest BCUT2D eigenvalue weighted by Crippen LogP contribution is -3.03.